The number of nitrogens with one attached hydrogen (secondary N) is 1. The average Bonchev–Trinajstić information content (AvgIpc) is 2.83. The standard InChI is InChI=1S/C12H15N5OS/c1-8-15-10(7-19-8)6-17(2)12(18)11-5-9(16-13)3-4-14-11/h3-5,7H,6,13H2,1-2H3,(H,14,16). The SMILES string of the molecule is Cc1nc(CN(C)C(=O)c2cc(NN)ccn2)cs1. The number of nitrogens with two attached hydrogens (primary N) is 1. The fourth-order valence-corrected chi connectivity index (χ4v) is 2.23. The lowest BCUT2D eigenvalue weighted by molar-refractivity contribution is 0.0778. The second-order valence-corrected chi connectivity index (χ2v) is 5.16. The highest BCUT2D eigenvalue weighted by molar-refractivity contribution is 7.09. The quantitative estimate of drug-likeness (QED) is 0.652. The number of hydrogen-bond acceptors (Lipinski definition) is 6. The van der Waals surface area contributed by atoms with Crippen molar-refractivity contribution in [3.63, 3.8) is 0 Å². The van der Waals surface area contributed by atoms with Crippen LogP contribution >= 0.6 is 11.3 Å². The number of anilines is 1. The zero-order chi connectivity index (χ0) is 13.8. The highest BCUT2D eigenvalue weighted by atomic mass is 32.1. The van der Waals surface area contributed by atoms with E-state index in [1.807, 2.05) is 12.3 Å². The van der Waals surface area contributed by atoms with Crippen LogP contribution in [-0.2, 0) is 6.54 Å². The van der Waals surface area contributed by atoms with Crippen molar-refractivity contribution in [2.45, 2.75) is 13.5 Å². The summed E-state index contributed by atoms with van der Waals surface area (Å²) in [6.07, 6.45) is 1.54. The van der Waals surface area contributed by atoms with Crippen molar-refractivity contribution < 1.29 is 4.79 Å². The Morgan fingerprint density at radius 2 is 2.37 bits per heavy atom. The highest BCUT2D eigenvalue weighted by Gasteiger charge is 2.14. The van der Waals surface area contributed by atoms with Gasteiger partial charge in [0, 0.05) is 18.6 Å². The molecule has 100 valence electrons. The van der Waals surface area contributed by atoms with Crippen LogP contribution in [0.15, 0.2) is 23.7 Å². The minimum atomic E-state index is -0.164. The first-order chi connectivity index (χ1) is 9.10. The van der Waals surface area contributed by atoms with Gasteiger partial charge in [0.15, 0.2) is 0 Å². The molecule has 1 amide bonds. The third kappa shape index (κ3) is 3.27. The minimum absolute atomic E-state index is 0.164. The molecular weight excluding hydrogens is 262 g/mol. The molecule has 6 nitrogen and oxygen atoms in total. The van der Waals surface area contributed by atoms with E-state index in [2.05, 4.69) is 15.4 Å². The van der Waals surface area contributed by atoms with E-state index in [0.29, 0.717) is 17.9 Å². The number of hydrogen-bond donors (Lipinski definition) is 2. The third-order valence-electron chi connectivity index (χ3n) is 2.56. The van der Waals surface area contributed by atoms with Crippen molar-refractivity contribution in [1.29, 1.82) is 0 Å². The monoisotopic (exact) mass is 277 g/mol. The summed E-state index contributed by atoms with van der Waals surface area (Å²) in [5, 5.41) is 2.94. The summed E-state index contributed by atoms with van der Waals surface area (Å²) in [5.41, 5.74) is 4.37. The van der Waals surface area contributed by atoms with Gasteiger partial charge in [-0.3, -0.25) is 15.6 Å². The van der Waals surface area contributed by atoms with Gasteiger partial charge in [0.25, 0.3) is 5.91 Å². The van der Waals surface area contributed by atoms with Gasteiger partial charge in [-0.25, -0.2) is 4.98 Å². The number of aryl methyl sites for hydroxylation is 1. The number of aromatic nitrogens is 2. The van der Waals surface area contributed by atoms with Gasteiger partial charge in [0.2, 0.25) is 0 Å². The maximum Gasteiger partial charge on any atom is 0.272 e. The molecular formula is C12H15N5OS. The van der Waals surface area contributed by atoms with Crippen molar-refractivity contribution >= 4 is 22.9 Å². The Morgan fingerprint density at radius 1 is 1.58 bits per heavy atom. The molecule has 0 atom stereocenters. The van der Waals surface area contributed by atoms with Crippen LogP contribution in [0.5, 0.6) is 0 Å². The highest BCUT2D eigenvalue weighted by Crippen LogP contribution is 2.12. The molecule has 19 heavy (non-hydrogen) atoms. The van der Waals surface area contributed by atoms with Crippen LogP contribution in [0.2, 0.25) is 0 Å². The van der Waals surface area contributed by atoms with E-state index in [1.165, 1.54) is 0 Å². The van der Waals surface area contributed by atoms with Crippen molar-refractivity contribution in [3.8, 4) is 0 Å². The fraction of sp³-hybridized carbons (Fsp3) is 0.250. The van der Waals surface area contributed by atoms with Gasteiger partial charge in [-0.1, -0.05) is 0 Å². The molecule has 0 saturated carbocycles. The molecule has 0 aliphatic heterocycles. The van der Waals surface area contributed by atoms with Gasteiger partial charge in [0.1, 0.15) is 5.69 Å². The van der Waals surface area contributed by atoms with Gasteiger partial charge in [0.05, 0.1) is 22.9 Å². The first-order valence-electron chi connectivity index (χ1n) is 5.69. The molecule has 0 saturated heterocycles. The molecule has 0 unspecified atom stereocenters. The number of carbonyl (C=O) groups is 1. The molecule has 0 aromatic carbocycles. The largest absolute Gasteiger partial charge is 0.334 e. The second-order valence-electron chi connectivity index (χ2n) is 4.09. The Labute approximate surface area is 115 Å². The predicted molar refractivity (Wildman–Crippen MR) is 74.7 cm³/mol. The van der Waals surface area contributed by atoms with E-state index < -0.39 is 0 Å². The molecule has 0 radical (unpaired) electrons. The molecule has 0 fully saturated rings. The molecule has 0 spiro atoms. The number of nitrogens with zero attached hydrogens (tertiary/aromatic N) is 3. The second kappa shape index (κ2) is 5.77. The number of nitrogen functional groups attached to an aromatic ring is 1. The smallest absolute Gasteiger partial charge is 0.272 e. The summed E-state index contributed by atoms with van der Waals surface area (Å²) in [5.74, 6) is 5.15. The van der Waals surface area contributed by atoms with Crippen LogP contribution in [0, 0.1) is 6.92 Å². The molecule has 0 aliphatic carbocycles. The summed E-state index contributed by atoms with van der Waals surface area (Å²) < 4.78 is 0. The summed E-state index contributed by atoms with van der Waals surface area (Å²) in [6, 6.07) is 3.31. The zero-order valence-electron chi connectivity index (χ0n) is 10.8. The predicted octanol–water partition coefficient (Wildman–Crippen LogP) is 1.40. The molecule has 2 aromatic rings. The lowest BCUT2D eigenvalue weighted by Gasteiger charge is -2.15. The number of pyridine rings is 1. The number of amides is 1. The molecule has 3 N–H and O–H groups in total. The van der Waals surface area contributed by atoms with Crippen LogP contribution in [0.4, 0.5) is 5.69 Å². The van der Waals surface area contributed by atoms with Crippen molar-refractivity contribution in [2.24, 2.45) is 5.84 Å². The molecule has 7 heteroatoms. The van der Waals surface area contributed by atoms with Crippen molar-refractivity contribution in [2.75, 3.05) is 12.5 Å². The Hall–Kier alpha value is -1.99. The fourth-order valence-electron chi connectivity index (χ4n) is 1.63. The average molecular weight is 277 g/mol. The van der Waals surface area contributed by atoms with Crippen LogP contribution in [0.1, 0.15) is 21.2 Å². The van der Waals surface area contributed by atoms with Crippen LogP contribution in [0.3, 0.4) is 0 Å². The van der Waals surface area contributed by atoms with E-state index in [0.717, 1.165) is 10.7 Å². The minimum Gasteiger partial charge on any atom is -0.334 e. The van der Waals surface area contributed by atoms with Crippen molar-refractivity contribution in [1.82, 2.24) is 14.9 Å². The molecule has 2 rings (SSSR count). The van der Waals surface area contributed by atoms with Gasteiger partial charge in [-0.15, -0.1) is 11.3 Å². The number of rotatable bonds is 4. The van der Waals surface area contributed by atoms with E-state index in [1.54, 1.807) is 41.6 Å². The third-order valence-corrected chi connectivity index (χ3v) is 3.38. The van der Waals surface area contributed by atoms with Gasteiger partial charge in [-0.05, 0) is 19.1 Å². The first kappa shape index (κ1) is 13.4. The molecule has 0 aliphatic rings. The maximum absolute atomic E-state index is 12.2. The number of carbonyl (C=O) groups excluding carboxylic acids is 1. The summed E-state index contributed by atoms with van der Waals surface area (Å²) >= 11 is 1.57. The Balaban J connectivity index is 2.09. The Morgan fingerprint density at radius 3 is 3.00 bits per heavy atom. The topological polar surface area (TPSA) is 84.1 Å². The summed E-state index contributed by atoms with van der Waals surface area (Å²) in [6.45, 7) is 2.40. The maximum atomic E-state index is 12.2. The summed E-state index contributed by atoms with van der Waals surface area (Å²) in [4.78, 5) is 22.2. The van der Waals surface area contributed by atoms with E-state index >= 15 is 0 Å². The number of hydrazine groups is 1. The van der Waals surface area contributed by atoms with Gasteiger partial charge >= 0.3 is 0 Å². The Bertz CT molecular complexity index is 583. The lowest BCUT2D eigenvalue weighted by Crippen LogP contribution is -2.27. The first-order valence-corrected chi connectivity index (χ1v) is 6.57. The molecule has 2 aromatic heterocycles. The molecule has 2 heterocycles. The van der Waals surface area contributed by atoms with Crippen LogP contribution < -0.4 is 11.3 Å². The van der Waals surface area contributed by atoms with Gasteiger partial charge < -0.3 is 10.3 Å². The normalized spacial score (nSPS) is 10.3. The Kier molecular flexibility index (Phi) is 4.08. The van der Waals surface area contributed by atoms with E-state index in [9.17, 15) is 4.79 Å². The number of thiazole rings is 1. The van der Waals surface area contributed by atoms with Gasteiger partial charge in [-0.2, -0.15) is 0 Å². The molecule has 0 bridgehead atoms. The van der Waals surface area contributed by atoms with Crippen molar-refractivity contribution in [3.05, 3.63) is 40.1 Å². The van der Waals surface area contributed by atoms with E-state index in [-0.39, 0.29) is 5.91 Å². The lowest BCUT2D eigenvalue weighted by atomic mass is 10.3. The van der Waals surface area contributed by atoms with E-state index in [4.69, 9.17) is 5.84 Å². The van der Waals surface area contributed by atoms with Crippen LogP contribution in [-0.4, -0.2) is 27.8 Å². The zero-order valence-corrected chi connectivity index (χ0v) is 11.6. The van der Waals surface area contributed by atoms with Crippen LogP contribution in [0.25, 0.3) is 0 Å². The summed E-state index contributed by atoms with van der Waals surface area (Å²) in [7, 11) is 1.72.